The molecule has 0 bridgehead atoms. The Labute approximate surface area is 111 Å². The molecule has 1 N–H and O–H groups in total. The monoisotopic (exact) mass is 256 g/mol. The molecule has 2 unspecified atom stereocenters. The van der Waals surface area contributed by atoms with E-state index >= 15 is 0 Å². The third kappa shape index (κ3) is 3.87. The summed E-state index contributed by atoms with van der Waals surface area (Å²) in [7, 11) is 0. The molecule has 1 aliphatic carbocycles. The highest BCUT2D eigenvalue weighted by molar-refractivity contribution is 7.98. The molecule has 1 heterocycles. The lowest BCUT2D eigenvalue weighted by Gasteiger charge is -2.42. The second kappa shape index (κ2) is 7.01. The zero-order chi connectivity index (χ0) is 12.1. The van der Waals surface area contributed by atoms with Crippen LogP contribution in [0.4, 0.5) is 0 Å². The average molecular weight is 256 g/mol. The van der Waals surface area contributed by atoms with E-state index in [2.05, 4.69) is 23.4 Å². The molecule has 0 aromatic carbocycles. The second-order valence-electron chi connectivity index (χ2n) is 5.75. The van der Waals surface area contributed by atoms with Crippen LogP contribution in [0.15, 0.2) is 0 Å². The van der Waals surface area contributed by atoms with Gasteiger partial charge in [-0.1, -0.05) is 19.3 Å². The lowest BCUT2D eigenvalue weighted by Crippen LogP contribution is -2.58. The maximum atomic E-state index is 3.80. The molecule has 2 aliphatic rings. The number of thioether (sulfide) groups is 1. The molecule has 2 rings (SSSR count). The minimum absolute atomic E-state index is 0.724. The van der Waals surface area contributed by atoms with Crippen molar-refractivity contribution in [2.24, 2.45) is 5.92 Å². The zero-order valence-corrected chi connectivity index (χ0v) is 12.3. The Kier molecular flexibility index (Phi) is 5.64. The van der Waals surface area contributed by atoms with Gasteiger partial charge in [-0.05, 0) is 31.9 Å². The van der Waals surface area contributed by atoms with Gasteiger partial charge in [0.2, 0.25) is 0 Å². The second-order valence-corrected chi connectivity index (χ2v) is 6.74. The fraction of sp³-hybridized carbons (Fsp3) is 1.00. The Morgan fingerprint density at radius 2 is 2.00 bits per heavy atom. The number of hydrogen-bond donors (Lipinski definition) is 1. The quantitative estimate of drug-likeness (QED) is 0.832. The molecule has 0 aromatic heterocycles. The van der Waals surface area contributed by atoms with Crippen molar-refractivity contribution in [3.8, 4) is 0 Å². The van der Waals surface area contributed by atoms with E-state index in [-0.39, 0.29) is 0 Å². The topological polar surface area (TPSA) is 15.3 Å². The predicted octanol–water partition coefficient (Wildman–Crippen LogP) is 2.59. The fourth-order valence-electron chi connectivity index (χ4n) is 3.32. The van der Waals surface area contributed by atoms with Gasteiger partial charge in [-0.25, -0.2) is 0 Å². The lowest BCUT2D eigenvalue weighted by molar-refractivity contribution is 0.110. The smallest absolute Gasteiger partial charge is 0.0224 e. The Hall–Kier alpha value is 0.270. The molecule has 17 heavy (non-hydrogen) atoms. The first kappa shape index (κ1) is 13.7. The Morgan fingerprint density at radius 3 is 2.71 bits per heavy atom. The normalized spacial score (nSPS) is 32.8. The molecule has 2 nitrogen and oxygen atoms in total. The summed E-state index contributed by atoms with van der Waals surface area (Å²) in [6.45, 7) is 6.11. The lowest BCUT2D eigenvalue weighted by atomic mass is 9.82. The van der Waals surface area contributed by atoms with Crippen molar-refractivity contribution in [1.82, 2.24) is 10.2 Å². The molecule has 1 saturated heterocycles. The van der Waals surface area contributed by atoms with Gasteiger partial charge >= 0.3 is 0 Å². The summed E-state index contributed by atoms with van der Waals surface area (Å²) >= 11 is 1.97. The molecule has 0 amide bonds. The minimum Gasteiger partial charge on any atom is -0.311 e. The van der Waals surface area contributed by atoms with Gasteiger partial charge in [0.25, 0.3) is 0 Å². The number of rotatable bonds is 4. The average Bonchev–Trinajstić information content (AvgIpc) is 2.39. The number of nitrogens with one attached hydrogen (secondary N) is 1. The molecular formula is C14H28N2S. The van der Waals surface area contributed by atoms with Gasteiger partial charge in [-0.2, -0.15) is 11.8 Å². The Bertz CT molecular complexity index is 216. The number of piperazine rings is 1. The van der Waals surface area contributed by atoms with Crippen molar-refractivity contribution in [3.63, 3.8) is 0 Å². The third-order valence-electron chi connectivity index (χ3n) is 4.53. The van der Waals surface area contributed by atoms with Gasteiger partial charge < -0.3 is 5.32 Å². The van der Waals surface area contributed by atoms with Gasteiger partial charge in [0, 0.05) is 37.5 Å². The summed E-state index contributed by atoms with van der Waals surface area (Å²) in [4.78, 5) is 2.70. The predicted molar refractivity (Wildman–Crippen MR) is 77.8 cm³/mol. The first-order valence-electron chi connectivity index (χ1n) is 7.27. The van der Waals surface area contributed by atoms with E-state index in [1.807, 2.05) is 11.8 Å². The summed E-state index contributed by atoms with van der Waals surface area (Å²) in [5.41, 5.74) is 0. The molecule has 3 heteroatoms. The van der Waals surface area contributed by atoms with E-state index in [1.54, 1.807) is 0 Å². The summed E-state index contributed by atoms with van der Waals surface area (Å²) < 4.78 is 0. The van der Waals surface area contributed by atoms with E-state index in [0.29, 0.717) is 0 Å². The van der Waals surface area contributed by atoms with Crippen LogP contribution in [0, 0.1) is 5.92 Å². The Balaban J connectivity index is 1.83. The summed E-state index contributed by atoms with van der Waals surface area (Å²) in [5.74, 6) is 2.23. The van der Waals surface area contributed by atoms with Crippen molar-refractivity contribution in [1.29, 1.82) is 0 Å². The van der Waals surface area contributed by atoms with E-state index in [1.165, 1.54) is 57.5 Å². The van der Waals surface area contributed by atoms with E-state index < -0.39 is 0 Å². The standard InChI is InChI=1S/C14H28N2S/c1-12-10-15-14(11-16(12)8-9-17-2)13-6-4-3-5-7-13/h12-15H,3-11H2,1-2H3. The fourth-order valence-corrected chi connectivity index (χ4v) is 3.74. The van der Waals surface area contributed by atoms with Gasteiger partial charge in [0.05, 0.1) is 0 Å². The van der Waals surface area contributed by atoms with Crippen molar-refractivity contribution < 1.29 is 0 Å². The van der Waals surface area contributed by atoms with Crippen molar-refractivity contribution in [2.45, 2.75) is 51.1 Å². The van der Waals surface area contributed by atoms with E-state index in [0.717, 1.165) is 18.0 Å². The molecule has 2 fully saturated rings. The molecular weight excluding hydrogens is 228 g/mol. The highest BCUT2D eigenvalue weighted by Crippen LogP contribution is 2.28. The van der Waals surface area contributed by atoms with Crippen LogP contribution in [0.5, 0.6) is 0 Å². The van der Waals surface area contributed by atoms with Crippen molar-refractivity contribution in [3.05, 3.63) is 0 Å². The van der Waals surface area contributed by atoms with Crippen LogP contribution < -0.4 is 5.32 Å². The molecule has 1 aliphatic heterocycles. The van der Waals surface area contributed by atoms with Crippen molar-refractivity contribution in [2.75, 3.05) is 31.6 Å². The summed E-state index contributed by atoms with van der Waals surface area (Å²) in [6.07, 6.45) is 9.53. The van der Waals surface area contributed by atoms with Gasteiger partial charge in [0.1, 0.15) is 0 Å². The maximum absolute atomic E-state index is 3.80. The van der Waals surface area contributed by atoms with Crippen LogP contribution in [-0.2, 0) is 0 Å². The summed E-state index contributed by atoms with van der Waals surface area (Å²) in [5, 5.41) is 3.80. The molecule has 0 aromatic rings. The molecule has 2 atom stereocenters. The van der Waals surface area contributed by atoms with Gasteiger partial charge in [-0.3, -0.25) is 4.90 Å². The van der Waals surface area contributed by atoms with E-state index in [9.17, 15) is 0 Å². The van der Waals surface area contributed by atoms with Crippen LogP contribution in [0.1, 0.15) is 39.0 Å². The van der Waals surface area contributed by atoms with Gasteiger partial charge in [0.15, 0.2) is 0 Å². The van der Waals surface area contributed by atoms with E-state index in [4.69, 9.17) is 0 Å². The van der Waals surface area contributed by atoms with Crippen LogP contribution >= 0.6 is 11.8 Å². The minimum atomic E-state index is 0.724. The molecule has 100 valence electrons. The highest BCUT2D eigenvalue weighted by Gasteiger charge is 2.30. The maximum Gasteiger partial charge on any atom is 0.0224 e. The number of nitrogens with zero attached hydrogens (tertiary/aromatic N) is 1. The van der Waals surface area contributed by atoms with Crippen LogP contribution in [-0.4, -0.2) is 48.6 Å². The molecule has 1 saturated carbocycles. The third-order valence-corrected chi connectivity index (χ3v) is 5.12. The first-order valence-corrected chi connectivity index (χ1v) is 8.67. The van der Waals surface area contributed by atoms with Crippen molar-refractivity contribution >= 4 is 11.8 Å². The highest BCUT2D eigenvalue weighted by atomic mass is 32.2. The Morgan fingerprint density at radius 1 is 1.24 bits per heavy atom. The van der Waals surface area contributed by atoms with Crippen LogP contribution in [0.25, 0.3) is 0 Å². The zero-order valence-electron chi connectivity index (χ0n) is 11.5. The number of hydrogen-bond acceptors (Lipinski definition) is 3. The largest absolute Gasteiger partial charge is 0.311 e. The molecule has 0 spiro atoms. The first-order chi connectivity index (χ1) is 8.31. The van der Waals surface area contributed by atoms with Crippen LogP contribution in [0.3, 0.4) is 0 Å². The molecule has 0 radical (unpaired) electrons. The summed E-state index contributed by atoms with van der Waals surface area (Å²) in [6, 6.07) is 1.50. The van der Waals surface area contributed by atoms with Gasteiger partial charge in [-0.15, -0.1) is 0 Å². The SMILES string of the molecule is CSCCN1CC(C2CCCCC2)NCC1C. The van der Waals surface area contributed by atoms with Crippen LogP contribution in [0.2, 0.25) is 0 Å².